The Balaban J connectivity index is 1.70. The molecule has 12 heteroatoms. The number of halogens is 5. The zero-order valence-electron chi connectivity index (χ0n) is 19.1. The van der Waals surface area contributed by atoms with Crippen LogP contribution in [0.3, 0.4) is 0 Å². The van der Waals surface area contributed by atoms with Gasteiger partial charge in [0.2, 0.25) is 0 Å². The first-order chi connectivity index (χ1) is 17.6. The van der Waals surface area contributed by atoms with Crippen LogP contribution in [0.25, 0.3) is 38.8 Å². The number of imidazole rings is 1. The van der Waals surface area contributed by atoms with Crippen LogP contribution in [0.15, 0.2) is 71.9 Å². The minimum Gasteiger partial charge on any atom is -0.435 e. The van der Waals surface area contributed by atoms with Crippen molar-refractivity contribution in [3.63, 3.8) is 0 Å². The third kappa shape index (κ3) is 4.95. The Morgan fingerprint density at radius 2 is 1.81 bits per heavy atom. The summed E-state index contributed by atoms with van der Waals surface area (Å²) in [5.74, 6) is -0.182. The largest absolute Gasteiger partial charge is 0.435 e. The van der Waals surface area contributed by atoms with E-state index in [1.165, 1.54) is 34.9 Å². The fraction of sp³-hybridized carbons (Fsp3) is 0.160. The van der Waals surface area contributed by atoms with E-state index in [1.54, 1.807) is 41.4 Å². The Morgan fingerprint density at radius 1 is 1.05 bits per heavy atom. The molecule has 0 aliphatic rings. The van der Waals surface area contributed by atoms with E-state index in [9.17, 15) is 26.7 Å². The molecule has 0 amide bonds. The number of ether oxygens (including phenoxy) is 1. The average Bonchev–Trinajstić information content (AvgIpc) is 3.22. The number of nitrogens with one attached hydrogen (secondary N) is 1. The summed E-state index contributed by atoms with van der Waals surface area (Å²) in [7, 11) is 1.82. The van der Waals surface area contributed by atoms with Gasteiger partial charge in [-0.05, 0) is 48.0 Å². The molecular formula is C25H18F5N5O2. The first kappa shape index (κ1) is 24.2. The molecule has 190 valence electrons. The maximum absolute atomic E-state index is 13.8. The van der Waals surface area contributed by atoms with Crippen LogP contribution in [0, 0.1) is 0 Å². The highest BCUT2D eigenvalue weighted by Gasteiger charge is 2.27. The van der Waals surface area contributed by atoms with Gasteiger partial charge in [-0.25, -0.2) is 9.97 Å². The smallest absolute Gasteiger partial charge is 0.405 e. The summed E-state index contributed by atoms with van der Waals surface area (Å²) in [6, 6.07) is 13.6. The van der Waals surface area contributed by atoms with Crippen molar-refractivity contribution in [1.29, 1.82) is 0 Å². The van der Waals surface area contributed by atoms with E-state index in [2.05, 4.69) is 20.0 Å². The number of hydrogen-bond acceptors (Lipinski definition) is 5. The van der Waals surface area contributed by atoms with Crippen molar-refractivity contribution in [2.24, 2.45) is 7.05 Å². The van der Waals surface area contributed by atoms with E-state index in [0.717, 1.165) is 11.0 Å². The molecule has 0 aliphatic carbocycles. The number of nitrogens with zero attached hydrogens (tertiary/aromatic N) is 4. The molecule has 3 heterocycles. The van der Waals surface area contributed by atoms with Gasteiger partial charge in [0, 0.05) is 18.6 Å². The van der Waals surface area contributed by atoms with E-state index >= 15 is 0 Å². The van der Waals surface area contributed by atoms with Crippen molar-refractivity contribution in [1.82, 2.24) is 19.1 Å². The summed E-state index contributed by atoms with van der Waals surface area (Å²) in [5.41, 5.74) is 2.10. The van der Waals surface area contributed by atoms with Gasteiger partial charge < -0.3 is 14.6 Å². The molecule has 0 saturated carbocycles. The topological polar surface area (TPSA) is 74.0 Å². The first-order valence-corrected chi connectivity index (χ1v) is 10.9. The molecule has 0 atom stereocenters. The number of hydrogen-bond donors (Lipinski definition) is 1. The molecule has 0 bridgehead atoms. The molecule has 0 saturated heterocycles. The molecule has 0 spiro atoms. The lowest BCUT2D eigenvalue weighted by molar-refractivity contribution is -0.115. The molecule has 0 fully saturated rings. The highest BCUT2D eigenvalue weighted by molar-refractivity contribution is 5.94. The van der Waals surface area contributed by atoms with Crippen LogP contribution in [-0.2, 0) is 7.05 Å². The highest BCUT2D eigenvalue weighted by atomic mass is 19.4. The van der Waals surface area contributed by atoms with Gasteiger partial charge >= 0.3 is 12.8 Å². The number of fused-ring (bicyclic) bond motifs is 2. The van der Waals surface area contributed by atoms with Crippen molar-refractivity contribution >= 4 is 27.8 Å². The molecule has 1 N–H and O–H groups in total. The molecule has 3 aromatic heterocycles. The monoisotopic (exact) mass is 515 g/mol. The quantitative estimate of drug-likeness (QED) is 0.302. The molecule has 0 radical (unpaired) electrons. The maximum atomic E-state index is 13.8. The zero-order valence-corrected chi connectivity index (χ0v) is 19.1. The zero-order chi connectivity index (χ0) is 26.3. The lowest BCUT2D eigenvalue weighted by atomic mass is 10.0. The molecule has 0 unspecified atom stereocenters. The minimum absolute atomic E-state index is 0.0721. The third-order valence-corrected chi connectivity index (χ3v) is 5.69. The molecule has 7 nitrogen and oxygen atoms in total. The van der Waals surface area contributed by atoms with Crippen LogP contribution in [0.5, 0.6) is 5.75 Å². The van der Waals surface area contributed by atoms with Crippen LogP contribution in [-0.4, -0.2) is 38.4 Å². The normalized spacial score (nSPS) is 12.0. The van der Waals surface area contributed by atoms with E-state index in [0.29, 0.717) is 16.6 Å². The van der Waals surface area contributed by atoms with Crippen molar-refractivity contribution < 1.29 is 26.7 Å². The minimum atomic E-state index is -4.46. The highest BCUT2D eigenvalue weighted by Crippen LogP contribution is 2.29. The number of pyridine rings is 2. The summed E-state index contributed by atoms with van der Waals surface area (Å²) in [4.78, 5) is 22.3. The number of benzene rings is 2. The number of rotatable bonds is 6. The number of anilines is 1. The van der Waals surface area contributed by atoms with E-state index < -0.39 is 24.9 Å². The van der Waals surface area contributed by atoms with Gasteiger partial charge in [-0.3, -0.25) is 9.36 Å². The maximum Gasteiger partial charge on any atom is 0.405 e. The van der Waals surface area contributed by atoms with Crippen LogP contribution in [0.4, 0.5) is 27.8 Å². The second-order valence-corrected chi connectivity index (χ2v) is 8.21. The van der Waals surface area contributed by atoms with Gasteiger partial charge in [0.1, 0.15) is 18.1 Å². The van der Waals surface area contributed by atoms with Gasteiger partial charge in [0.15, 0.2) is 0 Å². The van der Waals surface area contributed by atoms with Crippen LogP contribution in [0.2, 0.25) is 0 Å². The molecule has 0 aliphatic heterocycles. The predicted molar refractivity (Wildman–Crippen MR) is 128 cm³/mol. The fourth-order valence-electron chi connectivity index (χ4n) is 4.00. The summed E-state index contributed by atoms with van der Waals surface area (Å²) >= 11 is 0. The SMILES string of the molecule is Cn1cnc2ccc(-n3cc4ccc(NCC(F)(F)F)nc4c(-c4ccc(OC(F)F)cc4)c3=O)cc21. The molecular weight excluding hydrogens is 497 g/mol. The van der Waals surface area contributed by atoms with Crippen molar-refractivity contribution in [3.05, 3.63) is 77.5 Å². The summed E-state index contributed by atoms with van der Waals surface area (Å²) in [5, 5.41) is 2.69. The number of alkyl halides is 5. The molecule has 5 aromatic rings. The van der Waals surface area contributed by atoms with Crippen LogP contribution < -0.4 is 15.6 Å². The van der Waals surface area contributed by atoms with Gasteiger partial charge in [-0.1, -0.05) is 12.1 Å². The van der Waals surface area contributed by atoms with Gasteiger partial charge in [-0.15, -0.1) is 0 Å². The number of aryl methyl sites for hydroxylation is 1. The van der Waals surface area contributed by atoms with E-state index in [1.807, 2.05) is 7.05 Å². The van der Waals surface area contributed by atoms with E-state index in [4.69, 9.17) is 0 Å². The number of aromatic nitrogens is 4. The fourth-order valence-corrected chi connectivity index (χ4v) is 4.00. The second kappa shape index (κ2) is 9.19. The van der Waals surface area contributed by atoms with Crippen molar-refractivity contribution in [2.75, 3.05) is 11.9 Å². The molecule has 37 heavy (non-hydrogen) atoms. The van der Waals surface area contributed by atoms with Gasteiger partial charge in [0.25, 0.3) is 5.56 Å². The third-order valence-electron chi connectivity index (χ3n) is 5.69. The second-order valence-electron chi connectivity index (χ2n) is 8.21. The Morgan fingerprint density at radius 3 is 2.51 bits per heavy atom. The Bertz CT molecular complexity index is 1660. The van der Waals surface area contributed by atoms with E-state index in [-0.39, 0.29) is 22.6 Å². The van der Waals surface area contributed by atoms with Gasteiger partial charge in [-0.2, -0.15) is 22.0 Å². The Hall–Kier alpha value is -4.48. The summed E-state index contributed by atoms with van der Waals surface area (Å²) in [6.07, 6.45) is -1.27. The average molecular weight is 515 g/mol. The molecule has 2 aromatic carbocycles. The molecule has 5 rings (SSSR count). The van der Waals surface area contributed by atoms with Crippen molar-refractivity contribution in [3.8, 4) is 22.6 Å². The van der Waals surface area contributed by atoms with Crippen molar-refractivity contribution in [2.45, 2.75) is 12.8 Å². The summed E-state index contributed by atoms with van der Waals surface area (Å²) in [6.45, 7) is -4.33. The predicted octanol–water partition coefficient (Wildman–Crippen LogP) is 5.52. The van der Waals surface area contributed by atoms with Crippen LogP contribution >= 0.6 is 0 Å². The van der Waals surface area contributed by atoms with Crippen LogP contribution in [0.1, 0.15) is 0 Å². The Kier molecular flexibility index (Phi) is 6.02. The Labute approximate surface area is 205 Å². The summed E-state index contributed by atoms with van der Waals surface area (Å²) < 4.78 is 71.0. The van der Waals surface area contributed by atoms with Gasteiger partial charge in [0.05, 0.1) is 34.1 Å². The lowest BCUT2D eigenvalue weighted by Crippen LogP contribution is -2.22. The standard InChI is InChI=1S/C25H18F5N5O2/c1-34-13-32-18-8-5-16(10-19(18)34)35-11-15-4-9-20(31-12-25(28,29)30)33-22(15)21(23(35)36)14-2-6-17(7-3-14)37-24(26)27/h2-11,13,24H,12H2,1H3,(H,31,33). The lowest BCUT2D eigenvalue weighted by Gasteiger charge is -2.15. The first-order valence-electron chi connectivity index (χ1n) is 10.9.